The molecular formula is C17H26BrNO2. The molecule has 2 rings (SSSR count). The number of halogens is 1. The van der Waals surface area contributed by atoms with E-state index in [9.17, 15) is 0 Å². The van der Waals surface area contributed by atoms with Gasteiger partial charge in [-0.15, -0.1) is 0 Å². The Morgan fingerprint density at radius 3 is 2.48 bits per heavy atom. The minimum absolute atomic E-state index is 0.344. The number of nitrogens with one attached hydrogen (secondary N) is 1. The summed E-state index contributed by atoms with van der Waals surface area (Å²) in [5.41, 5.74) is 1.27. The summed E-state index contributed by atoms with van der Waals surface area (Å²) in [6, 6.07) is 4.54. The van der Waals surface area contributed by atoms with Gasteiger partial charge in [-0.2, -0.15) is 0 Å². The number of fused-ring (bicyclic) bond motifs is 1. The Labute approximate surface area is 136 Å². The van der Waals surface area contributed by atoms with E-state index in [4.69, 9.17) is 9.47 Å². The van der Waals surface area contributed by atoms with Gasteiger partial charge in [0.1, 0.15) is 0 Å². The van der Waals surface area contributed by atoms with E-state index in [0.29, 0.717) is 12.0 Å². The third-order valence-corrected chi connectivity index (χ3v) is 4.71. The van der Waals surface area contributed by atoms with Crippen molar-refractivity contribution in [2.24, 2.45) is 5.92 Å². The van der Waals surface area contributed by atoms with E-state index < -0.39 is 0 Å². The Hall–Kier alpha value is -0.740. The van der Waals surface area contributed by atoms with Crippen LogP contribution in [-0.4, -0.2) is 19.8 Å². The molecule has 0 aliphatic carbocycles. The SMILES string of the molecule is CCNC(CC(C)CC)c1cc2c(cc1Br)OCCCO2. The van der Waals surface area contributed by atoms with Crippen LogP contribution in [0, 0.1) is 5.92 Å². The second kappa shape index (κ2) is 8.04. The smallest absolute Gasteiger partial charge is 0.162 e. The lowest BCUT2D eigenvalue weighted by atomic mass is 9.94. The molecule has 2 unspecified atom stereocenters. The van der Waals surface area contributed by atoms with Crippen molar-refractivity contribution in [2.75, 3.05) is 19.8 Å². The van der Waals surface area contributed by atoms with Gasteiger partial charge in [0.25, 0.3) is 0 Å². The van der Waals surface area contributed by atoms with Gasteiger partial charge in [-0.1, -0.05) is 43.1 Å². The van der Waals surface area contributed by atoms with Gasteiger partial charge in [0.15, 0.2) is 11.5 Å². The average Bonchev–Trinajstić information content (AvgIpc) is 2.70. The maximum Gasteiger partial charge on any atom is 0.162 e. The predicted octanol–water partition coefficient (Wildman–Crippen LogP) is 4.70. The first-order chi connectivity index (χ1) is 10.2. The number of rotatable bonds is 6. The first-order valence-electron chi connectivity index (χ1n) is 7.98. The van der Waals surface area contributed by atoms with Gasteiger partial charge < -0.3 is 14.8 Å². The van der Waals surface area contributed by atoms with Crippen LogP contribution in [0.5, 0.6) is 11.5 Å². The zero-order chi connectivity index (χ0) is 15.2. The van der Waals surface area contributed by atoms with E-state index in [1.165, 1.54) is 12.0 Å². The van der Waals surface area contributed by atoms with Gasteiger partial charge in [0.2, 0.25) is 0 Å². The zero-order valence-corrected chi connectivity index (χ0v) is 14.8. The lowest BCUT2D eigenvalue weighted by Crippen LogP contribution is -2.23. The molecule has 4 heteroatoms. The Morgan fingerprint density at radius 2 is 1.86 bits per heavy atom. The Bertz CT molecular complexity index is 464. The Morgan fingerprint density at radius 1 is 1.19 bits per heavy atom. The molecule has 0 radical (unpaired) electrons. The molecule has 1 heterocycles. The van der Waals surface area contributed by atoms with Crippen molar-refractivity contribution in [3.05, 3.63) is 22.2 Å². The van der Waals surface area contributed by atoms with Crippen molar-refractivity contribution in [3.8, 4) is 11.5 Å². The lowest BCUT2D eigenvalue weighted by Gasteiger charge is -2.24. The van der Waals surface area contributed by atoms with E-state index in [2.05, 4.69) is 54.2 Å². The lowest BCUT2D eigenvalue weighted by molar-refractivity contribution is 0.296. The van der Waals surface area contributed by atoms with Crippen LogP contribution in [0.15, 0.2) is 16.6 Å². The summed E-state index contributed by atoms with van der Waals surface area (Å²) in [6.07, 6.45) is 3.26. The van der Waals surface area contributed by atoms with E-state index >= 15 is 0 Å². The quantitative estimate of drug-likeness (QED) is 0.802. The summed E-state index contributed by atoms with van der Waals surface area (Å²) in [4.78, 5) is 0. The Balaban J connectivity index is 2.28. The average molecular weight is 356 g/mol. The highest BCUT2D eigenvalue weighted by Gasteiger charge is 2.20. The summed E-state index contributed by atoms with van der Waals surface area (Å²) in [5.74, 6) is 2.41. The predicted molar refractivity (Wildman–Crippen MR) is 90.2 cm³/mol. The van der Waals surface area contributed by atoms with Gasteiger partial charge in [0, 0.05) is 16.9 Å². The molecule has 118 valence electrons. The molecule has 1 aromatic rings. The topological polar surface area (TPSA) is 30.5 Å². The standard InChI is InChI=1S/C17H26BrNO2/c1-4-12(3)9-15(19-5-2)13-10-16-17(11-14(13)18)21-8-6-7-20-16/h10-12,15,19H,4-9H2,1-3H3. The van der Waals surface area contributed by atoms with Crippen LogP contribution in [0.3, 0.4) is 0 Å². The van der Waals surface area contributed by atoms with Crippen LogP contribution >= 0.6 is 15.9 Å². The van der Waals surface area contributed by atoms with Gasteiger partial charge in [0.05, 0.1) is 13.2 Å². The van der Waals surface area contributed by atoms with Gasteiger partial charge in [-0.25, -0.2) is 0 Å². The van der Waals surface area contributed by atoms with Crippen LogP contribution < -0.4 is 14.8 Å². The van der Waals surface area contributed by atoms with Crippen molar-refractivity contribution >= 4 is 15.9 Å². The molecule has 0 amide bonds. The Kier molecular flexibility index (Phi) is 6.37. The summed E-state index contributed by atoms with van der Waals surface area (Å²) in [6.45, 7) is 9.12. The molecule has 0 aromatic heterocycles. The molecule has 0 saturated carbocycles. The molecule has 1 aliphatic rings. The van der Waals surface area contributed by atoms with Crippen LogP contribution in [0.4, 0.5) is 0 Å². The molecular weight excluding hydrogens is 330 g/mol. The molecule has 0 spiro atoms. The molecule has 0 saturated heterocycles. The number of hydrogen-bond donors (Lipinski definition) is 1. The van der Waals surface area contributed by atoms with Crippen LogP contribution in [0.2, 0.25) is 0 Å². The fourth-order valence-corrected chi connectivity index (χ4v) is 3.20. The van der Waals surface area contributed by atoms with Crippen LogP contribution in [0.25, 0.3) is 0 Å². The van der Waals surface area contributed by atoms with E-state index in [1.54, 1.807) is 0 Å². The third-order valence-electron chi connectivity index (χ3n) is 4.03. The largest absolute Gasteiger partial charge is 0.490 e. The minimum atomic E-state index is 0.344. The molecule has 3 nitrogen and oxygen atoms in total. The van der Waals surface area contributed by atoms with E-state index in [0.717, 1.165) is 48.6 Å². The van der Waals surface area contributed by atoms with E-state index in [-0.39, 0.29) is 0 Å². The van der Waals surface area contributed by atoms with Crippen molar-refractivity contribution in [3.63, 3.8) is 0 Å². The van der Waals surface area contributed by atoms with Gasteiger partial charge in [-0.05, 0) is 36.6 Å². The second-order valence-electron chi connectivity index (χ2n) is 5.73. The number of hydrogen-bond acceptors (Lipinski definition) is 3. The summed E-state index contributed by atoms with van der Waals surface area (Å²) in [5, 5.41) is 3.60. The maximum atomic E-state index is 5.83. The van der Waals surface area contributed by atoms with Crippen LogP contribution in [-0.2, 0) is 0 Å². The number of ether oxygens (including phenoxy) is 2. The first kappa shape index (κ1) is 16.6. The fourth-order valence-electron chi connectivity index (χ4n) is 2.60. The number of benzene rings is 1. The molecule has 1 aromatic carbocycles. The zero-order valence-electron chi connectivity index (χ0n) is 13.2. The van der Waals surface area contributed by atoms with Crippen molar-refractivity contribution < 1.29 is 9.47 Å². The van der Waals surface area contributed by atoms with Crippen molar-refractivity contribution in [1.82, 2.24) is 5.32 Å². The van der Waals surface area contributed by atoms with Crippen molar-refractivity contribution in [2.45, 2.75) is 46.1 Å². The molecule has 21 heavy (non-hydrogen) atoms. The highest BCUT2D eigenvalue weighted by atomic mass is 79.9. The molecule has 0 bridgehead atoms. The van der Waals surface area contributed by atoms with Crippen LogP contribution in [0.1, 0.15) is 51.6 Å². The molecule has 0 fully saturated rings. The van der Waals surface area contributed by atoms with E-state index in [1.807, 2.05) is 0 Å². The molecule has 1 N–H and O–H groups in total. The fraction of sp³-hybridized carbons (Fsp3) is 0.647. The third kappa shape index (κ3) is 4.36. The van der Waals surface area contributed by atoms with Crippen molar-refractivity contribution in [1.29, 1.82) is 0 Å². The summed E-state index contributed by atoms with van der Waals surface area (Å²) < 4.78 is 12.7. The van der Waals surface area contributed by atoms with Gasteiger partial charge in [-0.3, -0.25) is 0 Å². The highest BCUT2D eigenvalue weighted by Crippen LogP contribution is 2.39. The normalized spacial score (nSPS) is 17.1. The van der Waals surface area contributed by atoms with Gasteiger partial charge >= 0.3 is 0 Å². The molecule has 2 atom stereocenters. The summed E-state index contributed by atoms with van der Waals surface area (Å²) >= 11 is 3.71. The minimum Gasteiger partial charge on any atom is -0.490 e. The molecule has 1 aliphatic heterocycles. The second-order valence-corrected chi connectivity index (χ2v) is 6.58. The first-order valence-corrected chi connectivity index (χ1v) is 8.77. The highest BCUT2D eigenvalue weighted by molar-refractivity contribution is 9.10. The maximum absolute atomic E-state index is 5.83. The monoisotopic (exact) mass is 355 g/mol. The summed E-state index contributed by atoms with van der Waals surface area (Å²) in [7, 11) is 0.